The van der Waals surface area contributed by atoms with E-state index in [1.165, 1.54) is 0 Å². The highest BCUT2D eigenvalue weighted by Crippen LogP contribution is 2.28. The number of aromatic nitrogens is 1. The van der Waals surface area contributed by atoms with Gasteiger partial charge in [0.05, 0.1) is 18.7 Å². The van der Waals surface area contributed by atoms with E-state index in [0.29, 0.717) is 35.3 Å². The van der Waals surface area contributed by atoms with Gasteiger partial charge in [0.15, 0.2) is 0 Å². The van der Waals surface area contributed by atoms with Gasteiger partial charge in [-0.15, -0.1) is 0 Å². The van der Waals surface area contributed by atoms with Crippen molar-refractivity contribution in [3.63, 3.8) is 0 Å². The summed E-state index contributed by atoms with van der Waals surface area (Å²) in [6.45, 7) is 0.917. The van der Waals surface area contributed by atoms with Crippen LogP contribution in [0.5, 0.6) is 5.75 Å². The zero-order chi connectivity index (χ0) is 16.7. The summed E-state index contributed by atoms with van der Waals surface area (Å²) in [4.78, 5) is 16.2. The van der Waals surface area contributed by atoms with Gasteiger partial charge in [-0.25, -0.2) is 4.98 Å². The maximum Gasteiger partial charge on any atom is 0.251 e. The number of nitrogens with zero attached hydrogens (tertiary/aromatic N) is 1. The molecular formula is C16H18ClN3O3. The highest BCUT2D eigenvalue weighted by atomic mass is 35.5. The van der Waals surface area contributed by atoms with Gasteiger partial charge in [0, 0.05) is 31.1 Å². The van der Waals surface area contributed by atoms with E-state index in [1.54, 1.807) is 44.7 Å². The van der Waals surface area contributed by atoms with Crippen LogP contribution in [0.25, 0.3) is 0 Å². The lowest BCUT2D eigenvalue weighted by atomic mass is 10.2. The summed E-state index contributed by atoms with van der Waals surface area (Å²) in [6, 6.07) is 8.62. The number of ether oxygens (including phenoxy) is 2. The maximum absolute atomic E-state index is 12.0. The zero-order valence-electron chi connectivity index (χ0n) is 12.9. The van der Waals surface area contributed by atoms with E-state index in [1.807, 2.05) is 6.07 Å². The third-order valence-corrected chi connectivity index (χ3v) is 3.33. The second kappa shape index (κ2) is 8.36. The predicted molar refractivity (Wildman–Crippen MR) is 89.7 cm³/mol. The van der Waals surface area contributed by atoms with Crippen molar-refractivity contribution in [1.29, 1.82) is 0 Å². The van der Waals surface area contributed by atoms with Gasteiger partial charge in [0.2, 0.25) is 0 Å². The molecule has 0 aliphatic carbocycles. The molecule has 1 heterocycles. The lowest BCUT2D eigenvalue weighted by Gasteiger charge is -2.10. The van der Waals surface area contributed by atoms with E-state index >= 15 is 0 Å². The van der Waals surface area contributed by atoms with Crippen molar-refractivity contribution < 1.29 is 14.3 Å². The molecule has 1 aromatic heterocycles. The molecule has 0 saturated carbocycles. The molecule has 2 N–H and O–H groups in total. The summed E-state index contributed by atoms with van der Waals surface area (Å²) in [5, 5.41) is 6.35. The Hall–Kier alpha value is -2.31. The van der Waals surface area contributed by atoms with Crippen LogP contribution in [0.1, 0.15) is 10.4 Å². The van der Waals surface area contributed by atoms with Crippen LogP contribution in [-0.2, 0) is 4.74 Å². The number of pyridine rings is 1. The summed E-state index contributed by atoms with van der Waals surface area (Å²) < 4.78 is 10.0. The number of halogens is 1. The Bertz CT molecular complexity index is 679. The number of carbonyl (C=O) groups is 1. The number of methoxy groups -OCH3 is 2. The molecule has 0 aliphatic heterocycles. The predicted octanol–water partition coefficient (Wildman–Crippen LogP) is 2.86. The molecule has 2 rings (SSSR count). The molecule has 0 spiro atoms. The Kier molecular flexibility index (Phi) is 6.19. The fourth-order valence-corrected chi connectivity index (χ4v) is 2.16. The topological polar surface area (TPSA) is 72.5 Å². The molecule has 2 aromatic rings. The van der Waals surface area contributed by atoms with Crippen LogP contribution in [0, 0.1) is 0 Å². The summed E-state index contributed by atoms with van der Waals surface area (Å²) in [5.74, 6) is 0.960. The first-order valence-corrected chi connectivity index (χ1v) is 7.35. The molecule has 0 radical (unpaired) electrons. The Morgan fingerprint density at radius 3 is 2.78 bits per heavy atom. The molecule has 0 bridgehead atoms. The van der Waals surface area contributed by atoms with Gasteiger partial charge in [-0.2, -0.15) is 0 Å². The Labute approximate surface area is 139 Å². The van der Waals surface area contributed by atoms with Crippen LogP contribution in [0.4, 0.5) is 11.5 Å². The summed E-state index contributed by atoms with van der Waals surface area (Å²) in [5.41, 5.74) is 1.26. The fraction of sp³-hybridized carbons (Fsp3) is 0.250. The van der Waals surface area contributed by atoms with Gasteiger partial charge in [-0.3, -0.25) is 4.79 Å². The first-order valence-electron chi connectivity index (χ1n) is 6.98. The van der Waals surface area contributed by atoms with Crippen molar-refractivity contribution in [1.82, 2.24) is 10.3 Å². The number of nitrogens with one attached hydrogen (secondary N) is 2. The molecule has 1 aromatic carbocycles. The SMILES string of the molecule is COCCNC(=O)c1ccnc(Nc2ccc(OC)c(Cl)c2)c1. The first-order chi connectivity index (χ1) is 11.1. The lowest BCUT2D eigenvalue weighted by molar-refractivity contribution is 0.0937. The Morgan fingerprint density at radius 2 is 2.09 bits per heavy atom. The number of rotatable bonds is 7. The lowest BCUT2D eigenvalue weighted by Crippen LogP contribution is -2.26. The van der Waals surface area contributed by atoms with Crippen LogP contribution in [0.3, 0.4) is 0 Å². The Morgan fingerprint density at radius 1 is 1.26 bits per heavy atom. The first kappa shape index (κ1) is 17.1. The van der Waals surface area contributed by atoms with Gasteiger partial charge >= 0.3 is 0 Å². The molecule has 0 aliphatic rings. The number of hydrogen-bond donors (Lipinski definition) is 2. The number of benzene rings is 1. The van der Waals surface area contributed by atoms with Gasteiger partial charge in [0.1, 0.15) is 11.6 Å². The number of carbonyl (C=O) groups excluding carboxylic acids is 1. The van der Waals surface area contributed by atoms with Gasteiger partial charge < -0.3 is 20.1 Å². The van der Waals surface area contributed by atoms with E-state index in [2.05, 4.69) is 15.6 Å². The molecule has 122 valence electrons. The molecule has 7 heteroatoms. The van der Waals surface area contributed by atoms with Crippen molar-refractivity contribution in [2.45, 2.75) is 0 Å². The van der Waals surface area contributed by atoms with Crippen molar-refractivity contribution in [3.8, 4) is 5.75 Å². The smallest absolute Gasteiger partial charge is 0.251 e. The van der Waals surface area contributed by atoms with Gasteiger partial charge in [0.25, 0.3) is 5.91 Å². The fourth-order valence-electron chi connectivity index (χ4n) is 1.90. The van der Waals surface area contributed by atoms with E-state index in [9.17, 15) is 4.79 Å². The largest absolute Gasteiger partial charge is 0.495 e. The van der Waals surface area contributed by atoms with E-state index in [0.717, 1.165) is 5.69 Å². The van der Waals surface area contributed by atoms with Crippen molar-refractivity contribution in [3.05, 3.63) is 47.1 Å². The molecular weight excluding hydrogens is 318 g/mol. The number of anilines is 2. The molecule has 0 saturated heterocycles. The zero-order valence-corrected chi connectivity index (χ0v) is 13.7. The Balaban J connectivity index is 2.07. The third-order valence-electron chi connectivity index (χ3n) is 3.04. The van der Waals surface area contributed by atoms with E-state index < -0.39 is 0 Å². The highest BCUT2D eigenvalue weighted by Gasteiger charge is 2.07. The molecule has 0 unspecified atom stereocenters. The summed E-state index contributed by atoms with van der Waals surface area (Å²) >= 11 is 6.09. The van der Waals surface area contributed by atoms with Crippen LogP contribution in [-0.4, -0.2) is 38.3 Å². The van der Waals surface area contributed by atoms with Crippen molar-refractivity contribution in [2.75, 3.05) is 32.7 Å². The standard InChI is InChI=1S/C16H18ClN3O3/c1-22-8-7-19-16(21)11-5-6-18-15(9-11)20-12-3-4-14(23-2)13(17)10-12/h3-6,9-10H,7-8H2,1-2H3,(H,18,20)(H,19,21). The number of hydrogen-bond acceptors (Lipinski definition) is 5. The normalized spacial score (nSPS) is 10.2. The van der Waals surface area contributed by atoms with E-state index in [4.69, 9.17) is 21.1 Å². The average molecular weight is 336 g/mol. The molecule has 1 amide bonds. The molecule has 0 fully saturated rings. The van der Waals surface area contributed by atoms with Crippen LogP contribution in [0.2, 0.25) is 5.02 Å². The average Bonchev–Trinajstić information content (AvgIpc) is 2.55. The second-order valence-electron chi connectivity index (χ2n) is 4.65. The van der Waals surface area contributed by atoms with Gasteiger partial charge in [-0.1, -0.05) is 11.6 Å². The van der Waals surface area contributed by atoms with Gasteiger partial charge in [-0.05, 0) is 30.3 Å². The number of amides is 1. The van der Waals surface area contributed by atoms with E-state index in [-0.39, 0.29) is 5.91 Å². The minimum Gasteiger partial charge on any atom is -0.495 e. The second-order valence-corrected chi connectivity index (χ2v) is 5.06. The van der Waals surface area contributed by atoms with Crippen LogP contribution >= 0.6 is 11.6 Å². The quantitative estimate of drug-likeness (QED) is 0.761. The monoisotopic (exact) mass is 335 g/mol. The minimum absolute atomic E-state index is 0.180. The van der Waals surface area contributed by atoms with Crippen LogP contribution < -0.4 is 15.4 Å². The van der Waals surface area contributed by atoms with Crippen molar-refractivity contribution in [2.24, 2.45) is 0 Å². The van der Waals surface area contributed by atoms with Crippen molar-refractivity contribution >= 4 is 29.0 Å². The summed E-state index contributed by atoms with van der Waals surface area (Å²) in [7, 11) is 3.14. The molecule has 0 atom stereocenters. The maximum atomic E-state index is 12.0. The third kappa shape index (κ3) is 4.84. The highest BCUT2D eigenvalue weighted by molar-refractivity contribution is 6.32. The summed E-state index contributed by atoms with van der Waals surface area (Å²) in [6.07, 6.45) is 1.57. The molecule has 6 nitrogen and oxygen atoms in total. The minimum atomic E-state index is -0.180. The van der Waals surface area contributed by atoms with Crippen LogP contribution in [0.15, 0.2) is 36.5 Å². The molecule has 23 heavy (non-hydrogen) atoms.